The predicted molar refractivity (Wildman–Crippen MR) is 68.7 cm³/mol. The molecular formula is C13H20N2O4. The fourth-order valence-electron chi connectivity index (χ4n) is 2.02. The van der Waals surface area contributed by atoms with Gasteiger partial charge in [-0.2, -0.15) is 0 Å². The number of carbonyl (C=O) groups excluding carboxylic acids is 1. The highest BCUT2D eigenvalue weighted by Gasteiger charge is 2.16. The van der Waals surface area contributed by atoms with Crippen LogP contribution in [0.2, 0.25) is 0 Å². The molecule has 1 aromatic heterocycles. The largest absolute Gasteiger partial charge is 0.467 e. The van der Waals surface area contributed by atoms with Crippen molar-refractivity contribution in [3.63, 3.8) is 0 Å². The Bertz CT molecular complexity index is 374. The number of amides is 2. The smallest absolute Gasteiger partial charge is 0.315 e. The van der Waals surface area contributed by atoms with E-state index in [4.69, 9.17) is 9.15 Å². The third-order valence-electron chi connectivity index (χ3n) is 3.13. The van der Waals surface area contributed by atoms with Gasteiger partial charge in [-0.25, -0.2) is 4.79 Å². The number of urea groups is 1. The van der Waals surface area contributed by atoms with Crippen LogP contribution >= 0.6 is 0 Å². The summed E-state index contributed by atoms with van der Waals surface area (Å²) in [5, 5.41) is 15.4. The molecule has 0 bridgehead atoms. The monoisotopic (exact) mass is 268 g/mol. The lowest BCUT2D eigenvalue weighted by atomic mass is 10.1. The molecule has 1 fully saturated rings. The number of aliphatic hydroxyl groups is 1. The van der Waals surface area contributed by atoms with Crippen LogP contribution in [-0.2, 0) is 4.74 Å². The van der Waals surface area contributed by atoms with Crippen molar-refractivity contribution in [1.29, 1.82) is 0 Å². The Morgan fingerprint density at radius 1 is 1.47 bits per heavy atom. The minimum atomic E-state index is -0.682. The van der Waals surface area contributed by atoms with Crippen LogP contribution in [0.25, 0.3) is 0 Å². The van der Waals surface area contributed by atoms with E-state index in [-0.39, 0.29) is 12.1 Å². The van der Waals surface area contributed by atoms with Gasteiger partial charge in [0.15, 0.2) is 0 Å². The summed E-state index contributed by atoms with van der Waals surface area (Å²) in [6.45, 7) is 1.79. The van der Waals surface area contributed by atoms with E-state index < -0.39 is 6.10 Å². The molecule has 1 atom stereocenters. The maximum atomic E-state index is 11.6. The van der Waals surface area contributed by atoms with Gasteiger partial charge in [0.05, 0.1) is 6.26 Å². The molecule has 19 heavy (non-hydrogen) atoms. The topological polar surface area (TPSA) is 83.7 Å². The maximum absolute atomic E-state index is 11.6. The summed E-state index contributed by atoms with van der Waals surface area (Å²) >= 11 is 0. The number of hydrogen-bond acceptors (Lipinski definition) is 4. The van der Waals surface area contributed by atoms with E-state index in [1.807, 2.05) is 0 Å². The number of furan rings is 1. The highest BCUT2D eigenvalue weighted by atomic mass is 16.5. The number of nitrogens with one attached hydrogen (secondary N) is 2. The van der Waals surface area contributed by atoms with E-state index in [1.54, 1.807) is 12.1 Å². The number of ether oxygens (including phenoxy) is 1. The first-order valence-corrected chi connectivity index (χ1v) is 6.59. The second-order valence-corrected chi connectivity index (χ2v) is 4.61. The van der Waals surface area contributed by atoms with E-state index in [1.165, 1.54) is 6.26 Å². The van der Waals surface area contributed by atoms with Crippen molar-refractivity contribution in [3.8, 4) is 0 Å². The van der Waals surface area contributed by atoms with Crippen LogP contribution in [0.5, 0.6) is 0 Å². The zero-order valence-electron chi connectivity index (χ0n) is 10.8. The summed E-state index contributed by atoms with van der Waals surface area (Å²) in [4.78, 5) is 11.6. The second-order valence-electron chi connectivity index (χ2n) is 4.61. The summed E-state index contributed by atoms with van der Waals surface area (Å²) < 4.78 is 10.3. The van der Waals surface area contributed by atoms with Gasteiger partial charge in [0.1, 0.15) is 11.9 Å². The van der Waals surface area contributed by atoms with Crippen molar-refractivity contribution >= 4 is 6.03 Å². The number of hydrogen-bond donors (Lipinski definition) is 3. The molecule has 1 aliphatic heterocycles. The molecule has 1 aromatic rings. The van der Waals surface area contributed by atoms with Crippen molar-refractivity contribution in [3.05, 3.63) is 24.2 Å². The summed E-state index contributed by atoms with van der Waals surface area (Å²) in [7, 11) is 0. The van der Waals surface area contributed by atoms with E-state index in [9.17, 15) is 9.90 Å². The van der Waals surface area contributed by atoms with Gasteiger partial charge in [0.2, 0.25) is 0 Å². The molecule has 6 nitrogen and oxygen atoms in total. The van der Waals surface area contributed by atoms with Crippen LogP contribution < -0.4 is 10.6 Å². The first-order chi connectivity index (χ1) is 9.25. The highest BCUT2D eigenvalue weighted by molar-refractivity contribution is 5.74. The van der Waals surface area contributed by atoms with E-state index >= 15 is 0 Å². The molecule has 2 rings (SSSR count). The Morgan fingerprint density at radius 2 is 2.26 bits per heavy atom. The summed E-state index contributed by atoms with van der Waals surface area (Å²) in [5.74, 6) is 0.520. The molecule has 0 aromatic carbocycles. The normalized spacial score (nSPS) is 17.9. The van der Waals surface area contributed by atoms with Crippen molar-refractivity contribution in [2.45, 2.75) is 31.4 Å². The van der Waals surface area contributed by atoms with Gasteiger partial charge >= 0.3 is 6.03 Å². The minimum Gasteiger partial charge on any atom is -0.467 e. The fourth-order valence-corrected chi connectivity index (χ4v) is 2.02. The third kappa shape index (κ3) is 4.57. The maximum Gasteiger partial charge on any atom is 0.315 e. The Morgan fingerprint density at radius 3 is 2.95 bits per heavy atom. The van der Waals surface area contributed by atoms with E-state index in [0.29, 0.717) is 31.9 Å². The standard InChI is InChI=1S/C13H20N2O4/c16-11(12-2-1-7-19-12)3-6-14-13(17)15-10-4-8-18-9-5-10/h1-2,7,10-11,16H,3-6,8-9H2,(H2,14,15,17)/t11-/m1/s1. The average molecular weight is 268 g/mol. The Kier molecular flexibility index (Phi) is 5.23. The van der Waals surface area contributed by atoms with Gasteiger partial charge in [-0.3, -0.25) is 0 Å². The summed E-state index contributed by atoms with van der Waals surface area (Å²) in [6.07, 6.45) is 2.96. The predicted octanol–water partition coefficient (Wildman–Crippen LogP) is 1.18. The van der Waals surface area contributed by atoms with Gasteiger partial charge in [0.25, 0.3) is 0 Å². The molecule has 0 radical (unpaired) electrons. The van der Waals surface area contributed by atoms with Crippen LogP contribution in [0.4, 0.5) is 4.79 Å². The van der Waals surface area contributed by atoms with Crippen molar-refractivity contribution in [2.75, 3.05) is 19.8 Å². The van der Waals surface area contributed by atoms with Crippen LogP contribution in [-0.4, -0.2) is 36.9 Å². The van der Waals surface area contributed by atoms with Gasteiger partial charge in [-0.15, -0.1) is 0 Å². The second kappa shape index (κ2) is 7.16. The molecule has 2 amide bonds. The SMILES string of the molecule is O=C(NCC[C@@H](O)c1ccco1)NC1CCOCC1. The number of aliphatic hydroxyl groups excluding tert-OH is 1. The minimum absolute atomic E-state index is 0.184. The lowest BCUT2D eigenvalue weighted by Gasteiger charge is -2.23. The Labute approximate surface area is 112 Å². The molecule has 0 saturated carbocycles. The van der Waals surface area contributed by atoms with Crippen molar-refractivity contribution in [1.82, 2.24) is 10.6 Å². The van der Waals surface area contributed by atoms with Crippen LogP contribution in [0, 0.1) is 0 Å². The Balaban J connectivity index is 1.61. The first-order valence-electron chi connectivity index (χ1n) is 6.59. The van der Waals surface area contributed by atoms with Crippen LogP contribution in [0.3, 0.4) is 0 Å². The molecule has 0 unspecified atom stereocenters. The van der Waals surface area contributed by atoms with Gasteiger partial charge in [-0.1, -0.05) is 0 Å². The molecule has 6 heteroatoms. The number of carbonyl (C=O) groups is 1. The number of rotatable bonds is 5. The third-order valence-corrected chi connectivity index (χ3v) is 3.13. The molecule has 1 aliphatic rings. The van der Waals surface area contributed by atoms with Gasteiger partial charge in [0, 0.05) is 25.8 Å². The average Bonchev–Trinajstić information content (AvgIpc) is 2.93. The van der Waals surface area contributed by atoms with Crippen molar-refractivity contribution in [2.24, 2.45) is 0 Å². The molecule has 2 heterocycles. The summed E-state index contributed by atoms with van der Waals surface area (Å²) in [5.41, 5.74) is 0. The zero-order chi connectivity index (χ0) is 13.5. The first kappa shape index (κ1) is 13.9. The van der Waals surface area contributed by atoms with Gasteiger partial charge in [-0.05, 0) is 31.4 Å². The summed E-state index contributed by atoms with van der Waals surface area (Å²) in [6, 6.07) is 3.43. The van der Waals surface area contributed by atoms with Crippen LogP contribution in [0.1, 0.15) is 31.1 Å². The molecule has 1 saturated heterocycles. The molecule has 3 N–H and O–H groups in total. The Hall–Kier alpha value is -1.53. The molecule has 0 aliphatic carbocycles. The van der Waals surface area contributed by atoms with E-state index in [2.05, 4.69) is 10.6 Å². The molecular weight excluding hydrogens is 248 g/mol. The van der Waals surface area contributed by atoms with E-state index in [0.717, 1.165) is 12.8 Å². The fraction of sp³-hybridized carbons (Fsp3) is 0.615. The van der Waals surface area contributed by atoms with Gasteiger partial charge < -0.3 is 24.9 Å². The quantitative estimate of drug-likeness (QED) is 0.748. The highest BCUT2D eigenvalue weighted by Crippen LogP contribution is 2.15. The van der Waals surface area contributed by atoms with Crippen LogP contribution in [0.15, 0.2) is 22.8 Å². The lowest BCUT2D eigenvalue weighted by Crippen LogP contribution is -2.44. The lowest BCUT2D eigenvalue weighted by molar-refractivity contribution is 0.0800. The molecule has 106 valence electrons. The molecule has 0 spiro atoms. The van der Waals surface area contributed by atoms with Crippen molar-refractivity contribution < 1.29 is 19.1 Å². The zero-order valence-corrected chi connectivity index (χ0v) is 10.8.